The highest BCUT2D eigenvalue weighted by Gasteiger charge is 2.20. The van der Waals surface area contributed by atoms with Crippen LogP contribution in [0.1, 0.15) is 23.2 Å². The fourth-order valence-corrected chi connectivity index (χ4v) is 3.14. The maximum atomic E-state index is 6.34. The third kappa shape index (κ3) is 2.24. The van der Waals surface area contributed by atoms with Gasteiger partial charge in [-0.25, -0.2) is 0 Å². The number of rotatable bonds is 2. The lowest BCUT2D eigenvalue weighted by Gasteiger charge is -2.31. The summed E-state index contributed by atoms with van der Waals surface area (Å²) in [6.45, 7) is 3.85. The zero-order valence-corrected chi connectivity index (χ0v) is 12.6. The second-order valence-corrected chi connectivity index (χ2v) is 5.75. The van der Waals surface area contributed by atoms with Gasteiger partial charge in [0.05, 0.1) is 5.69 Å². The number of halogens is 1. The van der Waals surface area contributed by atoms with Gasteiger partial charge in [0.2, 0.25) is 0 Å². The highest BCUT2D eigenvalue weighted by molar-refractivity contribution is 6.30. The van der Waals surface area contributed by atoms with Crippen LogP contribution < -0.4 is 10.6 Å². The lowest BCUT2D eigenvalue weighted by Crippen LogP contribution is -2.29. The highest BCUT2D eigenvalue weighted by Crippen LogP contribution is 2.31. The van der Waals surface area contributed by atoms with Crippen LogP contribution in [0.15, 0.2) is 18.2 Å². The first kappa shape index (κ1) is 13.3. The Hall–Kier alpha value is -1.68. The fourth-order valence-electron chi connectivity index (χ4n) is 2.90. The van der Waals surface area contributed by atoms with Crippen molar-refractivity contribution >= 4 is 23.0 Å². The monoisotopic (exact) mass is 290 g/mol. The summed E-state index contributed by atoms with van der Waals surface area (Å²) >= 11 is 6.34. The van der Waals surface area contributed by atoms with Crippen molar-refractivity contribution in [2.24, 2.45) is 7.05 Å². The van der Waals surface area contributed by atoms with Crippen molar-refractivity contribution < 1.29 is 0 Å². The van der Waals surface area contributed by atoms with Crippen LogP contribution in [0.5, 0.6) is 0 Å². The molecule has 2 heterocycles. The number of nitrogens with two attached hydrogens (primary N) is 1. The quantitative estimate of drug-likeness (QED) is 0.865. The van der Waals surface area contributed by atoms with E-state index in [0.717, 1.165) is 48.0 Å². The SMILES string of the molecule is Cc1nn(C)c(Cl)c1CN1CCCc2cc(N)ccc21. The molecule has 0 atom stereocenters. The molecule has 2 N–H and O–H groups in total. The Labute approximate surface area is 124 Å². The molecule has 0 amide bonds. The number of aryl methyl sites for hydroxylation is 3. The van der Waals surface area contributed by atoms with E-state index in [-0.39, 0.29) is 0 Å². The molecule has 106 valence electrons. The first-order valence-electron chi connectivity index (χ1n) is 6.87. The standard InChI is InChI=1S/C15H19ClN4/c1-10-13(15(16)19(2)18-10)9-20-7-3-4-11-8-12(17)5-6-14(11)20/h5-6,8H,3-4,7,9,17H2,1-2H3. The van der Waals surface area contributed by atoms with Crippen molar-refractivity contribution in [3.8, 4) is 0 Å². The van der Waals surface area contributed by atoms with Crippen LogP contribution in [0.2, 0.25) is 5.15 Å². The largest absolute Gasteiger partial charge is 0.399 e. The minimum Gasteiger partial charge on any atom is -0.399 e. The topological polar surface area (TPSA) is 47.1 Å². The molecule has 0 saturated heterocycles. The van der Waals surface area contributed by atoms with Gasteiger partial charge in [0.25, 0.3) is 0 Å². The predicted molar refractivity (Wildman–Crippen MR) is 83.2 cm³/mol. The molecule has 4 nitrogen and oxygen atoms in total. The van der Waals surface area contributed by atoms with E-state index in [1.807, 2.05) is 20.0 Å². The second-order valence-electron chi connectivity index (χ2n) is 5.39. The maximum Gasteiger partial charge on any atom is 0.131 e. The summed E-state index contributed by atoms with van der Waals surface area (Å²) in [6, 6.07) is 6.16. The van der Waals surface area contributed by atoms with E-state index in [1.54, 1.807) is 4.68 Å². The van der Waals surface area contributed by atoms with E-state index in [2.05, 4.69) is 22.1 Å². The van der Waals surface area contributed by atoms with Crippen LogP contribution >= 0.6 is 11.6 Å². The van der Waals surface area contributed by atoms with E-state index < -0.39 is 0 Å². The molecule has 1 aliphatic heterocycles. The molecule has 1 aromatic heterocycles. The molecule has 0 bridgehead atoms. The Morgan fingerprint density at radius 3 is 2.90 bits per heavy atom. The van der Waals surface area contributed by atoms with Crippen LogP contribution in [-0.2, 0) is 20.0 Å². The van der Waals surface area contributed by atoms with Crippen molar-refractivity contribution in [3.05, 3.63) is 40.2 Å². The molecule has 0 aliphatic carbocycles. The van der Waals surface area contributed by atoms with Gasteiger partial charge < -0.3 is 10.6 Å². The van der Waals surface area contributed by atoms with Gasteiger partial charge in [-0.3, -0.25) is 4.68 Å². The molecule has 5 heteroatoms. The van der Waals surface area contributed by atoms with Crippen molar-refractivity contribution in [3.63, 3.8) is 0 Å². The number of fused-ring (bicyclic) bond motifs is 1. The van der Waals surface area contributed by atoms with E-state index in [9.17, 15) is 0 Å². The molecular weight excluding hydrogens is 272 g/mol. The van der Waals surface area contributed by atoms with Crippen LogP contribution in [0.25, 0.3) is 0 Å². The highest BCUT2D eigenvalue weighted by atomic mass is 35.5. The first-order chi connectivity index (χ1) is 9.56. The van der Waals surface area contributed by atoms with Crippen LogP contribution in [-0.4, -0.2) is 16.3 Å². The number of hydrogen-bond donors (Lipinski definition) is 1. The van der Waals surface area contributed by atoms with Crippen LogP contribution in [0, 0.1) is 6.92 Å². The van der Waals surface area contributed by atoms with Crippen LogP contribution in [0.3, 0.4) is 0 Å². The summed E-state index contributed by atoms with van der Waals surface area (Å²) in [5, 5.41) is 5.11. The number of benzene rings is 1. The van der Waals surface area contributed by atoms with Gasteiger partial charge in [0.15, 0.2) is 0 Å². The van der Waals surface area contributed by atoms with E-state index >= 15 is 0 Å². The number of hydrogen-bond acceptors (Lipinski definition) is 3. The molecule has 0 spiro atoms. The molecule has 0 saturated carbocycles. The summed E-state index contributed by atoms with van der Waals surface area (Å²) < 4.78 is 1.74. The molecule has 3 rings (SSSR count). The third-order valence-electron chi connectivity index (χ3n) is 3.94. The number of anilines is 2. The Bertz CT molecular complexity index is 648. The molecule has 1 aromatic carbocycles. The lowest BCUT2D eigenvalue weighted by atomic mass is 10.0. The van der Waals surface area contributed by atoms with Gasteiger partial charge in [-0.05, 0) is 43.5 Å². The summed E-state index contributed by atoms with van der Waals surface area (Å²) in [5.74, 6) is 0. The molecular formula is C15H19ClN4. The van der Waals surface area contributed by atoms with Gasteiger partial charge >= 0.3 is 0 Å². The molecule has 0 unspecified atom stereocenters. The van der Waals surface area contributed by atoms with Gasteiger partial charge in [0.1, 0.15) is 5.15 Å². The van der Waals surface area contributed by atoms with E-state index in [1.165, 1.54) is 11.3 Å². The third-order valence-corrected chi connectivity index (χ3v) is 4.41. The van der Waals surface area contributed by atoms with Crippen molar-refractivity contribution in [2.75, 3.05) is 17.2 Å². The average molecular weight is 291 g/mol. The maximum absolute atomic E-state index is 6.34. The number of nitrogen functional groups attached to an aromatic ring is 1. The number of nitrogens with zero attached hydrogens (tertiary/aromatic N) is 3. The average Bonchev–Trinajstić information content (AvgIpc) is 2.65. The van der Waals surface area contributed by atoms with Crippen LogP contribution in [0.4, 0.5) is 11.4 Å². The molecule has 0 radical (unpaired) electrons. The first-order valence-corrected chi connectivity index (χ1v) is 7.25. The Morgan fingerprint density at radius 2 is 2.20 bits per heavy atom. The molecule has 20 heavy (non-hydrogen) atoms. The fraction of sp³-hybridized carbons (Fsp3) is 0.400. The normalized spacial score (nSPS) is 14.4. The smallest absolute Gasteiger partial charge is 0.131 e. The summed E-state index contributed by atoms with van der Waals surface area (Å²) in [6.07, 6.45) is 2.24. The van der Waals surface area contributed by atoms with E-state index in [4.69, 9.17) is 17.3 Å². The minimum atomic E-state index is 0.727. The van der Waals surface area contributed by atoms with Crippen molar-refractivity contribution in [1.82, 2.24) is 9.78 Å². The lowest BCUT2D eigenvalue weighted by molar-refractivity contribution is 0.690. The molecule has 0 fully saturated rings. The van der Waals surface area contributed by atoms with Gasteiger partial charge in [-0.2, -0.15) is 5.10 Å². The summed E-state index contributed by atoms with van der Waals surface area (Å²) in [7, 11) is 1.88. The Morgan fingerprint density at radius 1 is 1.40 bits per heavy atom. The van der Waals surface area contributed by atoms with Gasteiger partial charge in [0, 0.05) is 37.1 Å². The van der Waals surface area contributed by atoms with Gasteiger partial charge in [-0.1, -0.05) is 11.6 Å². The molecule has 2 aromatic rings. The van der Waals surface area contributed by atoms with Crippen molar-refractivity contribution in [2.45, 2.75) is 26.3 Å². The van der Waals surface area contributed by atoms with Crippen molar-refractivity contribution in [1.29, 1.82) is 0 Å². The number of aromatic nitrogens is 2. The van der Waals surface area contributed by atoms with E-state index in [0.29, 0.717) is 0 Å². The zero-order valence-electron chi connectivity index (χ0n) is 11.9. The predicted octanol–water partition coefficient (Wildman–Crippen LogP) is 2.92. The Kier molecular flexibility index (Phi) is 3.34. The van der Waals surface area contributed by atoms with Gasteiger partial charge in [-0.15, -0.1) is 0 Å². The molecule has 1 aliphatic rings. The minimum absolute atomic E-state index is 0.727. The summed E-state index contributed by atoms with van der Waals surface area (Å²) in [5.41, 5.74) is 11.4. The summed E-state index contributed by atoms with van der Waals surface area (Å²) in [4.78, 5) is 2.37. The zero-order chi connectivity index (χ0) is 14.3. The Balaban J connectivity index is 1.93. The second kappa shape index (κ2) is 5.02.